The van der Waals surface area contributed by atoms with Crippen LogP contribution in [0.15, 0.2) is 47.5 Å². The summed E-state index contributed by atoms with van der Waals surface area (Å²) in [5, 5.41) is 5.12. The standard InChI is InChI=1S/C18H17ClFN3S/c19-16-4-1-12(9-18(16)24-23-7-5-21-6-8-23)15-11-22-17-10-13(20)2-3-14(15)17/h1-4,9-11,21-22H,5-8H2. The van der Waals surface area contributed by atoms with Gasteiger partial charge < -0.3 is 10.3 Å². The average molecular weight is 362 g/mol. The summed E-state index contributed by atoms with van der Waals surface area (Å²) in [5.41, 5.74) is 2.94. The fourth-order valence-electron chi connectivity index (χ4n) is 2.95. The number of H-pyrrole nitrogens is 1. The van der Waals surface area contributed by atoms with Gasteiger partial charge >= 0.3 is 0 Å². The summed E-state index contributed by atoms with van der Waals surface area (Å²) in [4.78, 5) is 4.19. The zero-order valence-corrected chi connectivity index (χ0v) is 14.6. The van der Waals surface area contributed by atoms with Gasteiger partial charge in [-0.1, -0.05) is 17.7 Å². The van der Waals surface area contributed by atoms with Gasteiger partial charge in [-0.3, -0.25) is 0 Å². The highest BCUT2D eigenvalue weighted by Crippen LogP contribution is 2.36. The third-order valence-electron chi connectivity index (χ3n) is 4.19. The largest absolute Gasteiger partial charge is 0.360 e. The van der Waals surface area contributed by atoms with Crippen molar-refractivity contribution in [2.45, 2.75) is 4.90 Å². The molecule has 24 heavy (non-hydrogen) atoms. The molecule has 0 spiro atoms. The van der Waals surface area contributed by atoms with Crippen LogP contribution in [0.3, 0.4) is 0 Å². The number of nitrogens with one attached hydrogen (secondary N) is 2. The van der Waals surface area contributed by atoms with Crippen molar-refractivity contribution in [1.82, 2.24) is 14.6 Å². The van der Waals surface area contributed by atoms with Crippen LogP contribution in [0.2, 0.25) is 5.02 Å². The number of hydrogen-bond donors (Lipinski definition) is 2. The van der Waals surface area contributed by atoms with E-state index in [1.54, 1.807) is 11.9 Å². The van der Waals surface area contributed by atoms with Crippen molar-refractivity contribution < 1.29 is 4.39 Å². The van der Waals surface area contributed by atoms with E-state index in [4.69, 9.17) is 11.6 Å². The molecule has 3 aromatic rings. The molecule has 1 saturated heterocycles. The molecule has 1 aromatic heterocycles. The Balaban J connectivity index is 1.68. The summed E-state index contributed by atoms with van der Waals surface area (Å²) in [7, 11) is 0. The molecule has 6 heteroatoms. The van der Waals surface area contributed by atoms with Crippen molar-refractivity contribution in [2.75, 3.05) is 26.2 Å². The predicted molar refractivity (Wildman–Crippen MR) is 99.0 cm³/mol. The Morgan fingerprint density at radius 3 is 2.75 bits per heavy atom. The molecule has 0 saturated carbocycles. The molecule has 0 atom stereocenters. The Hall–Kier alpha value is -1.53. The first-order valence-electron chi connectivity index (χ1n) is 7.91. The normalized spacial score (nSPS) is 15.9. The van der Waals surface area contributed by atoms with E-state index >= 15 is 0 Å². The molecule has 2 heterocycles. The first-order valence-corrected chi connectivity index (χ1v) is 9.06. The second-order valence-electron chi connectivity index (χ2n) is 5.81. The summed E-state index contributed by atoms with van der Waals surface area (Å²) in [6.07, 6.45) is 1.92. The van der Waals surface area contributed by atoms with Crippen LogP contribution in [0.5, 0.6) is 0 Å². The molecule has 1 aliphatic heterocycles. The molecule has 1 aliphatic rings. The Labute approximate surface area is 149 Å². The fraction of sp³-hybridized carbons (Fsp3) is 0.222. The molecule has 124 valence electrons. The molecule has 0 radical (unpaired) electrons. The van der Waals surface area contributed by atoms with Crippen molar-refractivity contribution >= 4 is 34.5 Å². The number of aromatic nitrogens is 1. The van der Waals surface area contributed by atoms with Crippen LogP contribution in [0.1, 0.15) is 0 Å². The lowest BCUT2D eigenvalue weighted by molar-refractivity contribution is 0.396. The summed E-state index contributed by atoms with van der Waals surface area (Å²) in [6, 6.07) is 10.9. The first-order chi connectivity index (χ1) is 11.7. The van der Waals surface area contributed by atoms with Crippen LogP contribution < -0.4 is 5.32 Å². The monoisotopic (exact) mass is 361 g/mol. The number of benzene rings is 2. The molecule has 2 aromatic carbocycles. The third-order valence-corrected chi connectivity index (χ3v) is 5.79. The van der Waals surface area contributed by atoms with E-state index in [0.717, 1.165) is 58.1 Å². The Morgan fingerprint density at radius 1 is 1.08 bits per heavy atom. The van der Waals surface area contributed by atoms with E-state index in [9.17, 15) is 4.39 Å². The molecular weight excluding hydrogens is 345 g/mol. The van der Waals surface area contributed by atoms with Gasteiger partial charge in [0.15, 0.2) is 0 Å². The minimum Gasteiger partial charge on any atom is -0.360 e. The minimum absolute atomic E-state index is 0.234. The summed E-state index contributed by atoms with van der Waals surface area (Å²) < 4.78 is 15.7. The SMILES string of the molecule is Fc1ccc2c(-c3ccc(Cl)c(SN4CCNCC4)c3)c[nH]c2c1. The van der Waals surface area contributed by atoms with Gasteiger partial charge in [0.05, 0.1) is 5.02 Å². The van der Waals surface area contributed by atoms with E-state index in [-0.39, 0.29) is 5.82 Å². The van der Waals surface area contributed by atoms with E-state index < -0.39 is 0 Å². The zero-order valence-electron chi connectivity index (χ0n) is 13.0. The average Bonchev–Trinajstić information content (AvgIpc) is 3.01. The fourth-order valence-corrected chi connectivity index (χ4v) is 4.15. The van der Waals surface area contributed by atoms with E-state index in [1.165, 1.54) is 12.1 Å². The summed E-state index contributed by atoms with van der Waals surface area (Å²) in [6.45, 7) is 3.99. The van der Waals surface area contributed by atoms with Gasteiger partial charge in [0.2, 0.25) is 0 Å². The molecule has 4 rings (SSSR count). The molecule has 1 fully saturated rings. The van der Waals surface area contributed by atoms with Gasteiger partial charge in [-0.25, -0.2) is 8.70 Å². The second-order valence-corrected chi connectivity index (χ2v) is 7.35. The summed E-state index contributed by atoms with van der Waals surface area (Å²) in [5.74, 6) is -0.234. The van der Waals surface area contributed by atoms with E-state index in [1.807, 2.05) is 24.4 Å². The molecule has 2 N–H and O–H groups in total. The lowest BCUT2D eigenvalue weighted by Crippen LogP contribution is -2.39. The molecule has 3 nitrogen and oxygen atoms in total. The molecule has 0 aliphatic carbocycles. The van der Waals surface area contributed by atoms with Crippen LogP contribution in [0.4, 0.5) is 4.39 Å². The van der Waals surface area contributed by atoms with Gasteiger partial charge in [-0.05, 0) is 47.8 Å². The van der Waals surface area contributed by atoms with Gasteiger partial charge in [0.1, 0.15) is 5.82 Å². The molecule has 0 bridgehead atoms. The number of rotatable bonds is 3. The molecule has 0 amide bonds. The Kier molecular flexibility index (Phi) is 4.50. The number of hydrogen-bond acceptors (Lipinski definition) is 3. The van der Waals surface area contributed by atoms with Crippen molar-refractivity contribution in [3.63, 3.8) is 0 Å². The van der Waals surface area contributed by atoms with Gasteiger partial charge in [0.25, 0.3) is 0 Å². The molecular formula is C18H17ClFN3S. The van der Waals surface area contributed by atoms with E-state index in [2.05, 4.69) is 20.7 Å². The minimum atomic E-state index is -0.234. The van der Waals surface area contributed by atoms with Crippen molar-refractivity contribution in [2.24, 2.45) is 0 Å². The predicted octanol–water partition coefficient (Wildman–Crippen LogP) is 4.54. The second kappa shape index (κ2) is 6.76. The van der Waals surface area contributed by atoms with Gasteiger partial charge in [0, 0.05) is 53.7 Å². The smallest absolute Gasteiger partial charge is 0.125 e. The Bertz CT molecular complexity index is 874. The maximum absolute atomic E-state index is 13.4. The quantitative estimate of drug-likeness (QED) is 0.671. The lowest BCUT2D eigenvalue weighted by Gasteiger charge is -2.26. The maximum Gasteiger partial charge on any atom is 0.125 e. The number of halogens is 2. The van der Waals surface area contributed by atoms with E-state index in [0.29, 0.717) is 0 Å². The molecule has 0 unspecified atom stereocenters. The zero-order chi connectivity index (χ0) is 16.5. The highest BCUT2D eigenvalue weighted by atomic mass is 35.5. The maximum atomic E-state index is 13.4. The number of piperazine rings is 1. The third kappa shape index (κ3) is 3.17. The number of fused-ring (bicyclic) bond motifs is 1. The topological polar surface area (TPSA) is 31.1 Å². The first kappa shape index (κ1) is 16.0. The van der Waals surface area contributed by atoms with Crippen LogP contribution in [0.25, 0.3) is 22.0 Å². The number of aromatic amines is 1. The summed E-state index contributed by atoms with van der Waals surface area (Å²) >= 11 is 8.10. The highest BCUT2D eigenvalue weighted by molar-refractivity contribution is 7.97. The number of nitrogens with zero attached hydrogens (tertiary/aromatic N) is 1. The van der Waals surface area contributed by atoms with Crippen LogP contribution in [-0.2, 0) is 0 Å². The van der Waals surface area contributed by atoms with Crippen LogP contribution in [0, 0.1) is 5.82 Å². The van der Waals surface area contributed by atoms with Crippen LogP contribution >= 0.6 is 23.5 Å². The lowest BCUT2D eigenvalue weighted by atomic mass is 10.1. The Morgan fingerprint density at radius 2 is 1.92 bits per heavy atom. The van der Waals surface area contributed by atoms with Crippen molar-refractivity contribution in [3.8, 4) is 11.1 Å². The van der Waals surface area contributed by atoms with Crippen molar-refractivity contribution in [3.05, 3.63) is 53.4 Å². The van der Waals surface area contributed by atoms with Gasteiger partial charge in [-0.2, -0.15) is 0 Å². The highest BCUT2D eigenvalue weighted by Gasteiger charge is 2.15. The van der Waals surface area contributed by atoms with Crippen LogP contribution in [-0.4, -0.2) is 35.5 Å². The van der Waals surface area contributed by atoms with Gasteiger partial charge in [-0.15, -0.1) is 0 Å². The van der Waals surface area contributed by atoms with Crippen molar-refractivity contribution in [1.29, 1.82) is 0 Å².